The Morgan fingerprint density at radius 2 is 0.951 bits per heavy atom. The molecule has 0 radical (unpaired) electrons. The van der Waals surface area contributed by atoms with E-state index in [1.807, 2.05) is 25.1 Å². The van der Waals surface area contributed by atoms with Crippen LogP contribution >= 0.6 is 0 Å². The Hall–Kier alpha value is -3.16. The number of piperidine rings is 4. The molecule has 4 unspecified atom stereocenters. The number of benzene rings is 2. The summed E-state index contributed by atoms with van der Waals surface area (Å²) >= 11 is 0. The monoisotopic (exact) mass is 831 g/mol. The van der Waals surface area contributed by atoms with Crippen LogP contribution in [0.25, 0.3) is 6.08 Å². The van der Waals surface area contributed by atoms with Crippen molar-refractivity contribution in [3.05, 3.63) is 65.7 Å². The van der Waals surface area contributed by atoms with Crippen molar-refractivity contribution in [2.75, 3.05) is 30.5 Å². The molecule has 0 amide bonds. The van der Waals surface area contributed by atoms with Crippen molar-refractivity contribution >= 4 is 29.7 Å². The van der Waals surface area contributed by atoms with Crippen molar-refractivity contribution < 1.29 is 14.3 Å². The van der Waals surface area contributed by atoms with E-state index in [0.29, 0.717) is 18.7 Å². The summed E-state index contributed by atoms with van der Waals surface area (Å²) < 4.78 is 5.08. The van der Waals surface area contributed by atoms with Crippen molar-refractivity contribution in [3.8, 4) is 0 Å². The molecule has 8 bridgehead atoms. The number of hydrogen-bond donors (Lipinski definition) is 0. The second-order valence-electron chi connectivity index (χ2n) is 21.2. The van der Waals surface area contributed by atoms with Crippen LogP contribution in [-0.4, -0.2) is 91.1 Å². The lowest BCUT2D eigenvalue weighted by atomic mass is 9.68. The molecule has 332 valence electrons. The number of rotatable bonds is 10. The second kappa shape index (κ2) is 19.7. The molecule has 2 aromatic rings. The summed E-state index contributed by atoms with van der Waals surface area (Å²) in [5.41, 5.74) is 4.27. The van der Waals surface area contributed by atoms with Crippen LogP contribution in [0.1, 0.15) is 164 Å². The molecule has 8 fully saturated rings. The van der Waals surface area contributed by atoms with Crippen molar-refractivity contribution in [3.63, 3.8) is 0 Å². The van der Waals surface area contributed by atoms with Gasteiger partial charge in [-0.2, -0.15) is 0 Å². The molecule has 10 rings (SSSR count). The van der Waals surface area contributed by atoms with Crippen LogP contribution in [0.4, 0.5) is 11.4 Å². The first-order valence-corrected chi connectivity index (χ1v) is 25.3. The van der Waals surface area contributed by atoms with Gasteiger partial charge in [0.15, 0.2) is 6.29 Å². The van der Waals surface area contributed by atoms with Crippen molar-refractivity contribution in [2.24, 2.45) is 23.7 Å². The highest BCUT2D eigenvalue weighted by Crippen LogP contribution is 2.48. The number of nitrogens with zero attached hydrogens (tertiary/aromatic N) is 4. The molecule has 0 aromatic heterocycles. The third-order valence-electron chi connectivity index (χ3n) is 17.6. The van der Waals surface area contributed by atoms with E-state index < -0.39 is 0 Å². The third-order valence-corrected chi connectivity index (χ3v) is 17.6. The van der Waals surface area contributed by atoms with Gasteiger partial charge in [0.05, 0.1) is 6.61 Å². The summed E-state index contributed by atoms with van der Waals surface area (Å²) in [5, 5.41) is 0. The molecule has 4 aliphatic carbocycles. The highest BCUT2D eigenvalue weighted by molar-refractivity contribution is 5.88. The van der Waals surface area contributed by atoms with Crippen molar-refractivity contribution in [2.45, 2.75) is 197 Å². The van der Waals surface area contributed by atoms with Gasteiger partial charge in [-0.25, -0.2) is 4.79 Å². The first-order valence-electron chi connectivity index (χ1n) is 25.3. The normalized spacial score (nSPS) is 36.0. The fraction of sp³-hybridized carbons (Fsp3) is 0.704. The lowest BCUT2D eigenvalue weighted by Crippen LogP contribution is -2.61. The molecule has 7 nitrogen and oxygen atoms in total. The van der Waals surface area contributed by atoms with Crippen LogP contribution in [0.2, 0.25) is 0 Å². The lowest BCUT2D eigenvalue weighted by molar-refractivity contribution is -0.137. The number of carbonyl (C=O) groups excluding carboxylic acids is 2. The Labute approximate surface area is 369 Å². The number of carbonyl (C=O) groups is 2. The maximum Gasteiger partial charge on any atom is 0.330 e. The summed E-state index contributed by atoms with van der Waals surface area (Å²) in [6.45, 7) is 2.25. The van der Waals surface area contributed by atoms with Gasteiger partial charge in [-0.3, -0.25) is 14.6 Å². The molecule has 2 aromatic carbocycles. The first-order chi connectivity index (χ1) is 29.8. The van der Waals surface area contributed by atoms with Crippen LogP contribution in [0, 0.1) is 23.7 Å². The topological polar surface area (TPSA) is 56.3 Å². The van der Waals surface area contributed by atoms with Gasteiger partial charge in [0.2, 0.25) is 0 Å². The van der Waals surface area contributed by atoms with Gasteiger partial charge < -0.3 is 14.5 Å². The van der Waals surface area contributed by atoms with E-state index in [4.69, 9.17) is 4.74 Å². The fourth-order valence-corrected chi connectivity index (χ4v) is 15.1. The van der Waals surface area contributed by atoms with Crippen LogP contribution in [0.3, 0.4) is 0 Å². The molecule has 61 heavy (non-hydrogen) atoms. The molecule has 12 atom stereocenters. The van der Waals surface area contributed by atoms with Gasteiger partial charge >= 0.3 is 5.97 Å². The average Bonchev–Trinajstić information content (AvgIpc) is 3.27. The number of hydrogen-bond acceptors (Lipinski definition) is 7. The molecular weight excluding hydrogens is 753 g/mol. The number of esters is 1. The Morgan fingerprint density at radius 1 is 0.557 bits per heavy atom. The molecule has 0 N–H and O–H groups in total. The maximum absolute atomic E-state index is 11.9. The highest BCUT2D eigenvalue weighted by Gasteiger charge is 2.47. The fourth-order valence-electron chi connectivity index (χ4n) is 15.1. The van der Waals surface area contributed by atoms with E-state index in [2.05, 4.69) is 70.1 Å². The number of anilines is 2. The predicted octanol–water partition coefficient (Wildman–Crippen LogP) is 11.3. The lowest BCUT2D eigenvalue weighted by Gasteiger charge is -2.56. The van der Waals surface area contributed by atoms with Gasteiger partial charge in [0.25, 0.3) is 0 Å². The molecule has 0 spiro atoms. The minimum Gasteiger partial charge on any atom is -0.463 e. The van der Waals surface area contributed by atoms with Crippen LogP contribution in [0.15, 0.2) is 54.6 Å². The summed E-state index contributed by atoms with van der Waals surface area (Å²) in [7, 11) is 4.47. The third kappa shape index (κ3) is 9.69. The zero-order valence-corrected chi connectivity index (χ0v) is 38.1. The molecular formula is C54H78N4O3. The largest absolute Gasteiger partial charge is 0.463 e. The Balaban J connectivity index is 0.000000158. The number of aldehydes is 1. The maximum atomic E-state index is 11.9. The van der Waals surface area contributed by atoms with E-state index in [1.165, 1.54) is 147 Å². The zero-order valence-electron chi connectivity index (χ0n) is 38.1. The molecule has 4 saturated heterocycles. The van der Waals surface area contributed by atoms with E-state index in [-0.39, 0.29) is 5.97 Å². The van der Waals surface area contributed by atoms with Gasteiger partial charge in [0, 0.05) is 85.4 Å². The van der Waals surface area contributed by atoms with Gasteiger partial charge in [-0.05, 0) is 150 Å². The van der Waals surface area contributed by atoms with Crippen LogP contribution < -0.4 is 9.80 Å². The minimum atomic E-state index is -0.268. The Bertz CT molecular complexity index is 1760. The van der Waals surface area contributed by atoms with E-state index in [9.17, 15) is 9.59 Å². The van der Waals surface area contributed by atoms with Gasteiger partial charge in [-0.15, -0.1) is 0 Å². The molecule has 7 heteroatoms. The molecule has 4 saturated carbocycles. The number of para-hydroxylation sites is 2. The Morgan fingerprint density at radius 3 is 1.38 bits per heavy atom. The highest BCUT2D eigenvalue weighted by atomic mass is 16.5. The number of ether oxygens (including phenoxy) is 1. The Kier molecular flexibility index (Phi) is 13.9. The molecule has 8 aliphatic rings. The first kappa shape index (κ1) is 43.1. The van der Waals surface area contributed by atoms with Crippen molar-refractivity contribution in [1.29, 1.82) is 0 Å². The van der Waals surface area contributed by atoms with Crippen molar-refractivity contribution in [1.82, 2.24) is 9.80 Å². The zero-order chi connectivity index (χ0) is 41.9. The van der Waals surface area contributed by atoms with Gasteiger partial charge in [0.1, 0.15) is 0 Å². The average molecular weight is 831 g/mol. The number of fused-ring (bicyclic) bond motifs is 8. The van der Waals surface area contributed by atoms with Gasteiger partial charge in [-0.1, -0.05) is 81.7 Å². The summed E-state index contributed by atoms with van der Waals surface area (Å²) in [6.07, 6.45) is 35.7. The molecule has 4 aliphatic heterocycles. The standard InChI is InChI=1S/C29H42N2O2.C25H36N2O/c1-3-33-29(32)15-14-23-10-4-5-13-28(23)30(2)26-19-24-11-7-12-25(20-26)31(24)27-17-21-8-6-9-22(16-21)18-27;1-26(25-11-3-2-8-20(25)17-28)23-15-21-9-5-10-22(16-23)27(21)24-13-18-6-4-7-19(12-18)14-24/h4-5,10,13-15,21-22,24-27H,3,6-9,11-12,16-20H2,1-2H3;2-3,8,11,17-19,21-24H,4-7,9-10,12-16H2,1H3/b15-14+;/t21-,22+,24-,25+,26?,27?;18-,19+,21-,22+,23?,24?. The van der Waals surface area contributed by atoms with E-state index in [1.54, 1.807) is 6.08 Å². The SMILES string of the molecule is CCOC(=O)/C=C/c1ccccc1N(C)C1C[C@H]2CCC[C@@H](C1)N2C1C[C@H]2CCC[C@@H](C1)C2.CN(c1ccccc1C=O)C1C[C@H]2CCC[C@@H](C1)N2C1C[C@H]2CCC[C@@H](C1)C2. The van der Waals surface area contributed by atoms with E-state index >= 15 is 0 Å². The molecule has 4 heterocycles. The predicted molar refractivity (Wildman–Crippen MR) is 250 cm³/mol. The smallest absolute Gasteiger partial charge is 0.330 e. The summed E-state index contributed by atoms with van der Waals surface area (Å²) in [6, 6.07) is 22.4. The second-order valence-corrected chi connectivity index (χ2v) is 21.2. The van der Waals surface area contributed by atoms with Crippen LogP contribution in [-0.2, 0) is 9.53 Å². The quantitative estimate of drug-likeness (QED) is 0.134. The van der Waals surface area contributed by atoms with E-state index in [0.717, 1.165) is 83.0 Å². The summed E-state index contributed by atoms with van der Waals surface area (Å²) in [4.78, 5) is 34.4. The summed E-state index contributed by atoms with van der Waals surface area (Å²) in [5.74, 6) is 3.76. The van der Waals surface area contributed by atoms with Crippen LogP contribution in [0.5, 0.6) is 0 Å². The minimum absolute atomic E-state index is 0.268.